The molecule has 0 amide bonds. The van der Waals surface area contributed by atoms with Crippen LogP contribution in [-0.2, 0) is 7.05 Å². The van der Waals surface area contributed by atoms with Gasteiger partial charge in [-0.15, -0.1) is 0 Å². The van der Waals surface area contributed by atoms with Crippen LogP contribution in [0.3, 0.4) is 0 Å². The third kappa shape index (κ3) is 4.08. The molecule has 0 bridgehead atoms. The lowest BCUT2D eigenvalue weighted by Gasteiger charge is -2.09. The molecule has 0 saturated heterocycles. The Morgan fingerprint density at radius 2 is 1.65 bits per heavy atom. The van der Waals surface area contributed by atoms with Gasteiger partial charge in [-0.1, -0.05) is 39.8 Å². The summed E-state index contributed by atoms with van der Waals surface area (Å²) < 4.78 is 7.18. The molecule has 0 aliphatic heterocycles. The first kappa shape index (κ1) is 18.2. The van der Waals surface area contributed by atoms with Crippen molar-refractivity contribution in [3.63, 3.8) is 0 Å². The summed E-state index contributed by atoms with van der Waals surface area (Å²) in [7, 11) is 3.56. The van der Waals surface area contributed by atoms with Gasteiger partial charge in [0.25, 0.3) is 0 Å². The third-order valence-electron chi connectivity index (χ3n) is 2.53. The Kier molecular flexibility index (Phi) is 8.29. The summed E-state index contributed by atoms with van der Waals surface area (Å²) in [6.45, 7) is 11.9. The van der Waals surface area contributed by atoms with Crippen molar-refractivity contribution in [3.05, 3.63) is 29.6 Å². The lowest BCUT2D eigenvalue weighted by molar-refractivity contribution is 0.413. The lowest BCUT2D eigenvalue weighted by atomic mass is 10.1. The molecule has 1 aromatic heterocycles. The van der Waals surface area contributed by atoms with E-state index in [2.05, 4.69) is 10.1 Å². The zero-order chi connectivity index (χ0) is 15.7. The molecule has 0 N–H and O–H groups in total. The molecule has 1 heterocycles. The molecule has 4 heteroatoms. The number of benzene rings is 1. The minimum Gasteiger partial charge on any atom is -0.496 e. The average Bonchev–Trinajstić information content (AvgIpc) is 2.81. The SMILES string of the molecule is CC.CC.COc1c(C)cccc1-c1nc(C)nn1C. The van der Waals surface area contributed by atoms with Gasteiger partial charge in [-0.25, -0.2) is 9.67 Å². The molecule has 0 atom stereocenters. The van der Waals surface area contributed by atoms with Crippen molar-refractivity contribution in [1.82, 2.24) is 14.8 Å². The highest BCUT2D eigenvalue weighted by molar-refractivity contribution is 5.66. The van der Waals surface area contributed by atoms with Crippen LogP contribution in [0.5, 0.6) is 5.75 Å². The molecule has 0 saturated carbocycles. The molecule has 0 fully saturated rings. The maximum absolute atomic E-state index is 5.41. The summed E-state index contributed by atoms with van der Waals surface area (Å²) in [6, 6.07) is 6.01. The molecule has 0 spiro atoms. The van der Waals surface area contributed by atoms with E-state index >= 15 is 0 Å². The van der Waals surface area contributed by atoms with Crippen LogP contribution in [-0.4, -0.2) is 21.9 Å². The Balaban J connectivity index is 0.000000829. The number of nitrogens with zero attached hydrogens (tertiary/aromatic N) is 3. The highest BCUT2D eigenvalue weighted by Gasteiger charge is 2.13. The highest BCUT2D eigenvalue weighted by Crippen LogP contribution is 2.31. The summed E-state index contributed by atoms with van der Waals surface area (Å²) in [5, 5.41) is 4.24. The van der Waals surface area contributed by atoms with Crippen LogP contribution in [0, 0.1) is 13.8 Å². The van der Waals surface area contributed by atoms with Gasteiger partial charge >= 0.3 is 0 Å². The summed E-state index contributed by atoms with van der Waals surface area (Å²) in [6.07, 6.45) is 0. The van der Waals surface area contributed by atoms with Gasteiger partial charge in [-0.3, -0.25) is 0 Å². The van der Waals surface area contributed by atoms with Crippen LogP contribution >= 0.6 is 0 Å². The Labute approximate surface area is 122 Å². The van der Waals surface area contributed by atoms with Gasteiger partial charge in [0.2, 0.25) is 0 Å². The fourth-order valence-corrected chi connectivity index (χ4v) is 1.85. The molecule has 1 aromatic carbocycles. The Morgan fingerprint density at radius 1 is 1.05 bits per heavy atom. The lowest BCUT2D eigenvalue weighted by Crippen LogP contribution is -1.98. The van der Waals surface area contributed by atoms with Gasteiger partial charge in [0.1, 0.15) is 11.6 Å². The van der Waals surface area contributed by atoms with E-state index in [1.165, 1.54) is 0 Å². The molecule has 2 aromatic rings. The van der Waals surface area contributed by atoms with Gasteiger partial charge in [0, 0.05) is 7.05 Å². The van der Waals surface area contributed by atoms with Crippen molar-refractivity contribution in [2.24, 2.45) is 7.05 Å². The third-order valence-corrected chi connectivity index (χ3v) is 2.53. The highest BCUT2D eigenvalue weighted by atomic mass is 16.5. The molecule has 0 unspecified atom stereocenters. The number of aryl methyl sites for hydroxylation is 3. The number of para-hydroxylation sites is 1. The maximum Gasteiger partial charge on any atom is 0.161 e. The second-order valence-corrected chi connectivity index (χ2v) is 3.76. The zero-order valence-corrected chi connectivity index (χ0v) is 14.0. The summed E-state index contributed by atoms with van der Waals surface area (Å²) in [5.41, 5.74) is 2.08. The van der Waals surface area contributed by atoms with Crippen molar-refractivity contribution in [3.8, 4) is 17.1 Å². The molecular weight excluding hydrogens is 250 g/mol. The average molecular weight is 277 g/mol. The predicted molar refractivity (Wildman–Crippen MR) is 85.2 cm³/mol. The topological polar surface area (TPSA) is 39.9 Å². The van der Waals surface area contributed by atoms with E-state index in [1.807, 2.05) is 66.8 Å². The Hall–Kier alpha value is -1.84. The van der Waals surface area contributed by atoms with Gasteiger partial charge in [0.15, 0.2) is 5.82 Å². The minimum atomic E-state index is 0.765. The van der Waals surface area contributed by atoms with Gasteiger partial charge in [-0.2, -0.15) is 5.10 Å². The van der Waals surface area contributed by atoms with Crippen molar-refractivity contribution < 1.29 is 4.74 Å². The van der Waals surface area contributed by atoms with E-state index in [0.717, 1.165) is 28.5 Å². The zero-order valence-electron chi connectivity index (χ0n) is 14.0. The first-order chi connectivity index (χ1) is 9.63. The fourth-order valence-electron chi connectivity index (χ4n) is 1.85. The fraction of sp³-hybridized carbons (Fsp3) is 0.500. The van der Waals surface area contributed by atoms with Crippen molar-refractivity contribution >= 4 is 0 Å². The molecule has 20 heavy (non-hydrogen) atoms. The minimum absolute atomic E-state index is 0.765. The Morgan fingerprint density at radius 3 is 2.10 bits per heavy atom. The summed E-state index contributed by atoms with van der Waals surface area (Å²) >= 11 is 0. The number of hydrogen-bond acceptors (Lipinski definition) is 3. The second kappa shape index (κ2) is 9.13. The molecule has 4 nitrogen and oxygen atoms in total. The number of hydrogen-bond donors (Lipinski definition) is 0. The van der Waals surface area contributed by atoms with Crippen molar-refractivity contribution in [1.29, 1.82) is 0 Å². The van der Waals surface area contributed by atoms with E-state index < -0.39 is 0 Å². The van der Waals surface area contributed by atoms with E-state index in [4.69, 9.17) is 4.74 Å². The van der Waals surface area contributed by atoms with E-state index in [0.29, 0.717) is 0 Å². The number of aromatic nitrogens is 3. The van der Waals surface area contributed by atoms with Crippen LogP contribution in [0.25, 0.3) is 11.4 Å². The normalized spacial score (nSPS) is 9.00. The predicted octanol–water partition coefficient (Wildman–Crippen LogP) is 4.16. The molecule has 112 valence electrons. The van der Waals surface area contributed by atoms with Crippen LogP contribution in [0.2, 0.25) is 0 Å². The first-order valence-electron chi connectivity index (χ1n) is 7.15. The van der Waals surface area contributed by atoms with Crippen LogP contribution in [0.4, 0.5) is 0 Å². The number of ether oxygens (including phenoxy) is 1. The number of methoxy groups -OCH3 is 1. The maximum atomic E-state index is 5.41. The van der Waals surface area contributed by atoms with Crippen LogP contribution in [0.1, 0.15) is 39.1 Å². The van der Waals surface area contributed by atoms with Crippen LogP contribution < -0.4 is 4.74 Å². The number of rotatable bonds is 2. The molecule has 0 aliphatic carbocycles. The Bertz CT molecular complexity index is 518. The van der Waals surface area contributed by atoms with Gasteiger partial charge < -0.3 is 4.74 Å². The molecular formula is C16H27N3O. The molecule has 2 rings (SSSR count). The van der Waals surface area contributed by atoms with Gasteiger partial charge in [-0.05, 0) is 25.5 Å². The molecule has 0 aliphatic rings. The largest absolute Gasteiger partial charge is 0.496 e. The summed E-state index contributed by atoms with van der Waals surface area (Å²) in [4.78, 5) is 4.40. The second-order valence-electron chi connectivity index (χ2n) is 3.76. The monoisotopic (exact) mass is 277 g/mol. The van der Waals surface area contributed by atoms with Crippen LogP contribution in [0.15, 0.2) is 18.2 Å². The van der Waals surface area contributed by atoms with E-state index in [1.54, 1.807) is 11.8 Å². The van der Waals surface area contributed by atoms with Crippen molar-refractivity contribution in [2.75, 3.05) is 7.11 Å². The van der Waals surface area contributed by atoms with E-state index in [-0.39, 0.29) is 0 Å². The first-order valence-corrected chi connectivity index (χ1v) is 7.15. The van der Waals surface area contributed by atoms with Crippen molar-refractivity contribution in [2.45, 2.75) is 41.5 Å². The molecule has 0 radical (unpaired) electrons. The van der Waals surface area contributed by atoms with Gasteiger partial charge in [0.05, 0.1) is 12.7 Å². The summed E-state index contributed by atoms with van der Waals surface area (Å²) in [5.74, 6) is 2.46. The smallest absolute Gasteiger partial charge is 0.161 e. The standard InChI is InChI=1S/C12H15N3O.2C2H6/c1-8-6-5-7-10(11(8)16-4)12-13-9(2)14-15(12)3;2*1-2/h5-7H,1-4H3;2*1-2H3. The van der Waals surface area contributed by atoms with E-state index in [9.17, 15) is 0 Å². The quantitative estimate of drug-likeness (QED) is 0.827.